The van der Waals surface area contributed by atoms with Gasteiger partial charge >= 0.3 is 12.4 Å². The first-order chi connectivity index (χ1) is 14.9. The highest BCUT2D eigenvalue weighted by Gasteiger charge is 2.39. The molecule has 1 saturated heterocycles. The van der Waals surface area contributed by atoms with E-state index in [4.69, 9.17) is 0 Å². The zero-order chi connectivity index (χ0) is 23.3. The van der Waals surface area contributed by atoms with Crippen molar-refractivity contribution in [2.24, 2.45) is 0 Å². The monoisotopic (exact) mass is 480 g/mol. The molecule has 2 fully saturated rings. The number of anilines is 1. The highest BCUT2D eigenvalue weighted by atomic mass is 32.2. The Morgan fingerprint density at radius 2 is 1.38 bits per heavy atom. The molecule has 1 aromatic carbocycles. The van der Waals surface area contributed by atoms with Crippen LogP contribution >= 0.6 is 0 Å². The lowest BCUT2D eigenvalue weighted by Crippen LogP contribution is -2.49. The molecule has 1 aromatic heterocycles. The highest BCUT2D eigenvalue weighted by Crippen LogP contribution is 2.39. The van der Waals surface area contributed by atoms with Crippen molar-refractivity contribution in [3.05, 3.63) is 47.2 Å². The normalized spacial score (nSPS) is 18.8. The molecule has 0 amide bonds. The standard InChI is InChI=1S/C19H18F6N4O2S/c20-18(21,22)13-9-14(19(23,24)25)11-15(10-13)32(30,31)29-7-5-28(6-8-29)17-4-3-16(26-27-17)12-1-2-12/h3-4,9-12H,1-2,5-8H2. The van der Waals surface area contributed by atoms with Gasteiger partial charge in [0.1, 0.15) is 0 Å². The van der Waals surface area contributed by atoms with Crippen molar-refractivity contribution in [1.82, 2.24) is 14.5 Å². The van der Waals surface area contributed by atoms with Crippen LogP contribution in [0.2, 0.25) is 0 Å². The average molecular weight is 480 g/mol. The van der Waals surface area contributed by atoms with E-state index in [0.29, 0.717) is 11.7 Å². The maximum atomic E-state index is 13.1. The Labute approximate surface area is 179 Å². The van der Waals surface area contributed by atoms with Gasteiger partial charge in [-0.1, -0.05) is 0 Å². The zero-order valence-corrected chi connectivity index (χ0v) is 17.3. The van der Waals surface area contributed by atoms with Crippen LogP contribution in [0.15, 0.2) is 35.2 Å². The second-order valence-electron chi connectivity index (χ2n) is 7.72. The zero-order valence-electron chi connectivity index (χ0n) is 16.5. The molecule has 2 aromatic rings. The van der Waals surface area contributed by atoms with Crippen LogP contribution < -0.4 is 4.90 Å². The average Bonchev–Trinajstić information content (AvgIpc) is 3.58. The van der Waals surface area contributed by atoms with Crippen LogP contribution in [-0.4, -0.2) is 49.1 Å². The van der Waals surface area contributed by atoms with Gasteiger partial charge in [0.2, 0.25) is 10.0 Å². The smallest absolute Gasteiger partial charge is 0.352 e. The molecule has 174 valence electrons. The Balaban J connectivity index is 1.54. The summed E-state index contributed by atoms with van der Waals surface area (Å²) in [7, 11) is -4.57. The van der Waals surface area contributed by atoms with E-state index in [1.807, 2.05) is 6.07 Å². The van der Waals surface area contributed by atoms with Crippen molar-refractivity contribution in [1.29, 1.82) is 0 Å². The highest BCUT2D eigenvalue weighted by molar-refractivity contribution is 7.89. The lowest BCUT2D eigenvalue weighted by atomic mass is 10.1. The summed E-state index contributed by atoms with van der Waals surface area (Å²) in [5.41, 5.74) is -2.45. The van der Waals surface area contributed by atoms with Crippen molar-refractivity contribution in [3.8, 4) is 0 Å². The number of aromatic nitrogens is 2. The fourth-order valence-corrected chi connectivity index (χ4v) is 4.98. The van der Waals surface area contributed by atoms with Crippen LogP contribution in [0.25, 0.3) is 0 Å². The van der Waals surface area contributed by atoms with E-state index in [2.05, 4.69) is 10.2 Å². The molecule has 1 aliphatic carbocycles. The summed E-state index contributed by atoms with van der Waals surface area (Å²) in [6, 6.07) is 4.00. The predicted molar refractivity (Wildman–Crippen MR) is 101 cm³/mol. The van der Waals surface area contributed by atoms with Gasteiger partial charge in [-0.2, -0.15) is 35.7 Å². The van der Waals surface area contributed by atoms with Crippen molar-refractivity contribution in [2.45, 2.75) is 36.0 Å². The van der Waals surface area contributed by atoms with E-state index in [9.17, 15) is 34.8 Å². The van der Waals surface area contributed by atoms with E-state index in [1.54, 1.807) is 11.0 Å². The van der Waals surface area contributed by atoms with Gasteiger partial charge in [0.15, 0.2) is 5.82 Å². The Bertz CT molecular complexity index is 1060. The van der Waals surface area contributed by atoms with Crippen LogP contribution in [0.5, 0.6) is 0 Å². The Hall–Kier alpha value is -2.41. The van der Waals surface area contributed by atoms with E-state index < -0.39 is 38.4 Å². The lowest BCUT2D eigenvalue weighted by molar-refractivity contribution is -0.143. The van der Waals surface area contributed by atoms with Crippen molar-refractivity contribution in [2.75, 3.05) is 31.1 Å². The third kappa shape index (κ3) is 4.68. The van der Waals surface area contributed by atoms with Crippen molar-refractivity contribution < 1.29 is 34.8 Å². The summed E-state index contributed by atoms with van der Waals surface area (Å²) in [6.45, 7) is 0.0987. The van der Waals surface area contributed by atoms with Crippen LogP contribution in [0, 0.1) is 0 Å². The summed E-state index contributed by atoms with van der Waals surface area (Å²) in [6.07, 6.45) is -8.13. The largest absolute Gasteiger partial charge is 0.416 e. The second kappa shape index (κ2) is 7.87. The fraction of sp³-hybridized carbons (Fsp3) is 0.474. The SMILES string of the molecule is O=S(=O)(c1cc(C(F)(F)F)cc(C(F)(F)F)c1)N1CCN(c2ccc(C3CC3)nn2)CC1. The number of nitrogens with zero attached hydrogens (tertiary/aromatic N) is 4. The molecule has 0 spiro atoms. The molecule has 2 aliphatic rings. The van der Waals surface area contributed by atoms with E-state index >= 15 is 0 Å². The van der Waals surface area contributed by atoms with Gasteiger partial charge < -0.3 is 4.90 Å². The first-order valence-electron chi connectivity index (χ1n) is 9.74. The third-order valence-electron chi connectivity index (χ3n) is 5.43. The summed E-state index contributed by atoms with van der Waals surface area (Å²) in [5, 5.41) is 8.30. The molecule has 0 radical (unpaired) electrons. The minimum Gasteiger partial charge on any atom is -0.352 e. The number of alkyl halides is 6. The Morgan fingerprint density at radius 3 is 1.81 bits per heavy atom. The topological polar surface area (TPSA) is 66.4 Å². The number of sulfonamides is 1. The summed E-state index contributed by atoms with van der Waals surface area (Å²) in [4.78, 5) is 0.727. The maximum absolute atomic E-state index is 13.1. The first-order valence-corrected chi connectivity index (χ1v) is 11.2. The fourth-order valence-electron chi connectivity index (χ4n) is 3.48. The first kappa shape index (κ1) is 22.8. The van der Waals surface area contributed by atoms with Crippen molar-refractivity contribution in [3.63, 3.8) is 0 Å². The number of hydrogen-bond donors (Lipinski definition) is 0. The number of benzene rings is 1. The molecule has 32 heavy (non-hydrogen) atoms. The van der Waals surface area contributed by atoms with Gasteiger partial charge in [0, 0.05) is 32.1 Å². The third-order valence-corrected chi connectivity index (χ3v) is 7.30. The molecular formula is C19H18F6N4O2S. The molecule has 0 N–H and O–H groups in total. The Morgan fingerprint density at radius 1 is 0.812 bits per heavy atom. The molecule has 0 bridgehead atoms. The molecule has 4 rings (SSSR count). The van der Waals surface area contributed by atoms with Crippen molar-refractivity contribution >= 4 is 15.8 Å². The molecule has 6 nitrogen and oxygen atoms in total. The second-order valence-corrected chi connectivity index (χ2v) is 9.66. The van der Waals surface area contributed by atoms with Gasteiger partial charge in [-0.05, 0) is 43.2 Å². The van der Waals surface area contributed by atoms with Gasteiger partial charge in [-0.15, -0.1) is 5.10 Å². The predicted octanol–water partition coefficient (Wildman–Crippen LogP) is 3.90. The summed E-state index contributed by atoms with van der Waals surface area (Å²) >= 11 is 0. The van der Waals surface area contributed by atoms with Crippen LogP contribution in [-0.2, 0) is 22.4 Å². The minimum absolute atomic E-state index is 0.0963. The van der Waals surface area contributed by atoms with Crippen LogP contribution in [0.4, 0.5) is 32.2 Å². The molecular weight excluding hydrogens is 462 g/mol. The lowest BCUT2D eigenvalue weighted by Gasteiger charge is -2.34. The molecule has 1 aliphatic heterocycles. The van der Waals surface area contributed by atoms with Gasteiger partial charge in [0.05, 0.1) is 21.7 Å². The molecule has 0 atom stereocenters. The van der Waals surface area contributed by atoms with Crippen LogP contribution in [0.1, 0.15) is 35.6 Å². The number of hydrogen-bond acceptors (Lipinski definition) is 5. The van der Waals surface area contributed by atoms with Gasteiger partial charge in [-0.3, -0.25) is 0 Å². The van der Waals surface area contributed by atoms with Gasteiger partial charge in [0.25, 0.3) is 0 Å². The number of halogens is 6. The quantitative estimate of drug-likeness (QED) is 0.621. The Kier molecular flexibility index (Phi) is 5.60. The van der Waals surface area contributed by atoms with Gasteiger partial charge in [-0.25, -0.2) is 8.42 Å². The molecule has 2 heterocycles. The molecule has 13 heteroatoms. The summed E-state index contributed by atoms with van der Waals surface area (Å²) in [5.74, 6) is 0.956. The van der Waals surface area contributed by atoms with E-state index in [-0.39, 0.29) is 44.4 Å². The van der Waals surface area contributed by atoms with Crippen LogP contribution in [0.3, 0.4) is 0 Å². The summed E-state index contributed by atoms with van der Waals surface area (Å²) < 4.78 is 105. The minimum atomic E-state index is -5.13. The number of rotatable bonds is 4. The molecule has 0 unspecified atom stereocenters. The maximum Gasteiger partial charge on any atom is 0.416 e. The van der Waals surface area contributed by atoms with E-state index in [0.717, 1.165) is 22.8 Å². The van der Waals surface area contributed by atoms with E-state index in [1.165, 1.54) is 0 Å². The number of piperazine rings is 1. The molecule has 1 saturated carbocycles.